The summed E-state index contributed by atoms with van der Waals surface area (Å²) < 4.78 is 32.2. The molecule has 4 heterocycles. The van der Waals surface area contributed by atoms with Crippen LogP contribution in [0.1, 0.15) is 128 Å². The minimum absolute atomic E-state index is 0.0537. The first-order valence-electron chi connectivity index (χ1n) is 24.1. The number of hydrogen-bond donors (Lipinski definition) is 2. The van der Waals surface area contributed by atoms with Crippen LogP contribution in [-0.4, -0.2) is 60.8 Å². The van der Waals surface area contributed by atoms with Crippen molar-refractivity contribution in [2.75, 3.05) is 26.9 Å². The minimum atomic E-state index is -1.22. The van der Waals surface area contributed by atoms with Crippen LogP contribution in [0, 0.1) is 11.8 Å². The SMILES string of the molecule is COC[C@@H](CCO)c1cc2ccc3c(c2oc1=O)[C@H]1OC(=O)C[C@@H]2C[C@H](c4cccc(Cc5ccccc5)c4)C=C[C@H]2c2ccc(cc2)CC/C(=C(\C)CO)C(=O)O[C@@H]1[C@](C)(C1CCCC1)O3. The third kappa shape index (κ3) is 9.67. The molecule has 0 unspecified atom stereocenters. The summed E-state index contributed by atoms with van der Waals surface area (Å²) in [5.41, 5.74) is 5.69. The molecule has 0 radical (unpaired) electrons. The van der Waals surface area contributed by atoms with Crippen LogP contribution in [0.5, 0.6) is 5.75 Å². The second-order valence-electron chi connectivity index (χ2n) is 19.3. The van der Waals surface area contributed by atoms with Crippen LogP contribution in [0.25, 0.3) is 11.0 Å². The zero-order chi connectivity index (χ0) is 46.7. The molecule has 10 rings (SSSR count). The Morgan fingerprint density at radius 3 is 2.37 bits per heavy atom. The fourth-order valence-corrected chi connectivity index (χ4v) is 11.3. The summed E-state index contributed by atoms with van der Waals surface area (Å²) in [5.74, 6) is -1.37. The summed E-state index contributed by atoms with van der Waals surface area (Å²) in [6.07, 6.45) is 8.44. The lowest BCUT2D eigenvalue weighted by Gasteiger charge is -2.48. The highest BCUT2D eigenvalue weighted by Gasteiger charge is 2.57. The van der Waals surface area contributed by atoms with Gasteiger partial charge in [-0.25, -0.2) is 9.59 Å². The van der Waals surface area contributed by atoms with E-state index in [4.69, 9.17) is 23.4 Å². The molecule has 4 aromatic carbocycles. The molecule has 10 heteroatoms. The Morgan fingerprint density at radius 2 is 1.63 bits per heavy atom. The van der Waals surface area contributed by atoms with Crippen LogP contribution in [0.15, 0.2) is 130 Å². The van der Waals surface area contributed by atoms with E-state index in [2.05, 4.69) is 84.9 Å². The van der Waals surface area contributed by atoms with Crippen LogP contribution in [-0.2, 0) is 36.6 Å². The van der Waals surface area contributed by atoms with E-state index in [0.29, 0.717) is 59.1 Å². The molecule has 2 N–H and O–H groups in total. The number of ether oxygens (including phenoxy) is 4. The van der Waals surface area contributed by atoms with E-state index in [1.165, 1.54) is 16.7 Å². The van der Waals surface area contributed by atoms with Crippen LogP contribution in [0.4, 0.5) is 0 Å². The minimum Gasteiger partial charge on any atom is -0.483 e. The molecule has 1 aromatic heterocycles. The fourth-order valence-electron chi connectivity index (χ4n) is 11.3. The predicted octanol–water partition coefficient (Wildman–Crippen LogP) is 10.1. The number of carbonyl (C=O) groups excluding carboxylic acids is 2. The van der Waals surface area contributed by atoms with E-state index in [-0.39, 0.29) is 55.5 Å². The quantitative estimate of drug-likeness (QED) is 0.0602. The first-order chi connectivity index (χ1) is 32.6. The van der Waals surface area contributed by atoms with Gasteiger partial charge >= 0.3 is 17.6 Å². The van der Waals surface area contributed by atoms with Gasteiger partial charge in [0.15, 0.2) is 12.2 Å². The molecule has 350 valence electrons. The summed E-state index contributed by atoms with van der Waals surface area (Å²) in [4.78, 5) is 43.8. The second kappa shape index (κ2) is 20.2. The van der Waals surface area contributed by atoms with E-state index in [0.717, 1.165) is 43.2 Å². The van der Waals surface area contributed by atoms with Crippen LogP contribution in [0.3, 0.4) is 0 Å². The van der Waals surface area contributed by atoms with Crippen LogP contribution in [0.2, 0.25) is 0 Å². The fraction of sp³-hybridized carbons (Fsp3) is 0.421. The van der Waals surface area contributed by atoms with Crippen molar-refractivity contribution in [2.45, 2.75) is 114 Å². The third-order valence-corrected chi connectivity index (χ3v) is 15.0. The Hall–Kier alpha value is -5.81. The number of rotatable bonds is 10. The molecule has 67 heavy (non-hydrogen) atoms. The lowest BCUT2D eigenvalue weighted by molar-refractivity contribution is -0.199. The van der Waals surface area contributed by atoms with E-state index >= 15 is 4.79 Å². The highest BCUT2D eigenvalue weighted by molar-refractivity contribution is 5.90. The lowest BCUT2D eigenvalue weighted by Crippen LogP contribution is -2.58. The number of esters is 2. The molecule has 7 atom stereocenters. The van der Waals surface area contributed by atoms with Crippen LogP contribution < -0.4 is 10.4 Å². The van der Waals surface area contributed by atoms with Gasteiger partial charge in [0.2, 0.25) is 0 Å². The summed E-state index contributed by atoms with van der Waals surface area (Å²) >= 11 is 0. The Balaban J connectivity index is 1.16. The average molecular weight is 907 g/mol. The Labute approximate surface area is 392 Å². The standard InChI is InChI=1S/C57H62O10/c1-35(33-59)46-23-18-36-16-19-39(20-17-36)47-24-21-41(40-13-9-12-38(29-40)28-37-10-5-4-6-11-37)30-44(47)32-50(60)64-53-51-49(67-57(2,45-14-7-8-15-45)54(53)66-55(46)61)25-22-42-31-48(56(62)65-52(42)51)43(26-27-58)34-63-3/h4-6,9-13,16-17,19-22,24-25,29,31,41,43-45,47,53-54,58-59H,7-8,14-15,18,23,26-28,30,32-34H2,1-3H3/b46-35-/t41-,43-,44+,47+,53-,54+,57+/m1/s1. The van der Waals surface area contributed by atoms with Gasteiger partial charge in [0.1, 0.15) is 16.9 Å². The van der Waals surface area contributed by atoms with Crippen molar-refractivity contribution in [3.05, 3.63) is 170 Å². The van der Waals surface area contributed by atoms with Gasteiger partial charge in [0.25, 0.3) is 0 Å². The molecular weight excluding hydrogens is 845 g/mol. The first kappa shape index (κ1) is 46.3. The van der Waals surface area contributed by atoms with Crippen molar-refractivity contribution in [1.82, 2.24) is 0 Å². The summed E-state index contributed by atoms with van der Waals surface area (Å²) in [7, 11) is 1.54. The Kier molecular flexibility index (Phi) is 14.0. The van der Waals surface area contributed by atoms with E-state index < -0.39 is 41.3 Å². The molecule has 5 aliphatic rings. The zero-order valence-corrected chi connectivity index (χ0v) is 38.8. The van der Waals surface area contributed by atoms with Gasteiger partial charge < -0.3 is 33.6 Å². The maximum absolute atomic E-state index is 15.1. The molecule has 0 spiro atoms. The van der Waals surface area contributed by atoms with Gasteiger partial charge in [0, 0.05) is 60.3 Å². The average Bonchev–Trinajstić information content (AvgIpc) is 3.89. The summed E-state index contributed by atoms with van der Waals surface area (Å²) in [6, 6.07) is 33.0. The highest BCUT2D eigenvalue weighted by atomic mass is 16.6. The maximum atomic E-state index is 15.1. The van der Waals surface area contributed by atoms with Crippen molar-refractivity contribution in [1.29, 1.82) is 0 Å². The number of hydrogen-bond acceptors (Lipinski definition) is 10. The molecule has 1 fully saturated rings. The predicted molar refractivity (Wildman–Crippen MR) is 256 cm³/mol. The largest absolute Gasteiger partial charge is 0.483 e. The monoisotopic (exact) mass is 906 g/mol. The van der Waals surface area contributed by atoms with Crippen molar-refractivity contribution in [2.24, 2.45) is 11.8 Å². The van der Waals surface area contributed by atoms with Crippen molar-refractivity contribution >= 4 is 22.9 Å². The second-order valence-corrected chi connectivity index (χ2v) is 19.3. The number of aryl methyl sites for hydroxylation is 1. The Morgan fingerprint density at radius 1 is 0.851 bits per heavy atom. The highest BCUT2D eigenvalue weighted by Crippen LogP contribution is 2.53. The molecular formula is C57H62O10. The van der Waals surface area contributed by atoms with Crippen molar-refractivity contribution in [3.63, 3.8) is 0 Å². The van der Waals surface area contributed by atoms with Crippen molar-refractivity contribution < 1.29 is 43.2 Å². The van der Waals surface area contributed by atoms with E-state index in [1.54, 1.807) is 20.1 Å². The summed E-state index contributed by atoms with van der Waals surface area (Å²) in [6.45, 7) is 3.39. The summed E-state index contributed by atoms with van der Waals surface area (Å²) in [5, 5.41) is 20.9. The normalized spacial score (nSPS) is 25.7. The molecule has 10 nitrogen and oxygen atoms in total. The van der Waals surface area contributed by atoms with Gasteiger partial charge in [-0.3, -0.25) is 4.79 Å². The molecule has 0 saturated heterocycles. The molecule has 2 aliphatic carbocycles. The zero-order valence-electron chi connectivity index (χ0n) is 38.8. The van der Waals surface area contributed by atoms with Crippen molar-refractivity contribution in [3.8, 4) is 5.75 Å². The number of carbonyl (C=O) groups is 2. The number of fused-ring (bicyclic) bond motifs is 11. The molecule has 1 saturated carbocycles. The number of aliphatic hydroxyl groups is 2. The third-order valence-electron chi connectivity index (χ3n) is 15.0. The Bertz CT molecular complexity index is 2690. The van der Waals surface area contributed by atoms with Gasteiger partial charge in [-0.1, -0.05) is 104 Å². The topological polar surface area (TPSA) is 142 Å². The molecule has 3 aliphatic heterocycles. The van der Waals surface area contributed by atoms with Gasteiger partial charge in [-0.05, 0) is 116 Å². The number of aliphatic hydroxyl groups excluding tert-OH is 2. The van der Waals surface area contributed by atoms with Gasteiger partial charge in [0.05, 0.1) is 18.8 Å². The molecule has 2 bridgehead atoms. The van der Waals surface area contributed by atoms with E-state index in [1.807, 2.05) is 25.1 Å². The number of allylic oxidation sites excluding steroid dienone is 2. The smallest absolute Gasteiger partial charge is 0.339 e. The van der Waals surface area contributed by atoms with E-state index in [9.17, 15) is 19.8 Å². The van der Waals surface area contributed by atoms with Gasteiger partial charge in [-0.15, -0.1) is 0 Å². The van der Waals surface area contributed by atoms with Crippen LogP contribution >= 0.6 is 0 Å². The maximum Gasteiger partial charge on any atom is 0.339 e. The molecule has 0 amide bonds. The van der Waals surface area contributed by atoms with Gasteiger partial charge in [-0.2, -0.15) is 0 Å². The number of methoxy groups -OCH3 is 1. The first-order valence-corrected chi connectivity index (χ1v) is 24.1. The lowest BCUT2D eigenvalue weighted by atomic mass is 9.72. The number of benzene rings is 4. The molecule has 5 aromatic rings.